The van der Waals surface area contributed by atoms with E-state index in [0.29, 0.717) is 12.2 Å². The van der Waals surface area contributed by atoms with E-state index in [2.05, 4.69) is 31.9 Å². The molecule has 0 saturated heterocycles. The summed E-state index contributed by atoms with van der Waals surface area (Å²) in [7, 11) is 0. The van der Waals surface area contributed by atoms with Gasteiger partial charge in [-0.3, -0.25) is 4.79 Å². The van der Waals surface area contributed by atoms with Crippen molar-refractivity contribution in [2.24, 2.45) is 0 Å². The predicted molar refractivity (Wildman–Crippen MR) is 79.1 cm³/mol. The molecule has 5 heteroatoms. The van der Waals surface area contributed by atoms with Crippen LogP contribution >= 0.6 is 43.6 Å². The Morgan fingerprint density at radius 3 is 2.33 bits per heavy atom. The molecule has 2 aromatic carbocycles. The largest absolute Gasteiger partial charge is 0.428 e. The molecule has 0 aliphatic rings. The lowest BCUT2D eigenvalue weighted by molar-refractivity contribution is -0.120. The zero-order valence-corrected chi connectivity index (χ0v) is 13.1. The van der Waals surface area contributed by atoms with Gasteiger partial charge >= 0.3 is 0 Å². The predicted octanol–water partition coefficient (Wildman–Crippen LogP) is 4.90. The van der Waals surface area contributed by atoms with Crippen LogP contribution < -0.4 is 4.74 Å². The third-order valence-corrected chi connectivity index (χ3v) is 4.19. The SMILES string of the molecule is O=COc1ccc(Br)cc1Sc1ccc(Br)cc1. The van der Waals surface area contributed by atoms with Crippen LogP contribution in [-0.4, -0.2) is 6.47 Å². The smallest absolute Gasteiger partial charge is 0.298 e. The highest BCUT2D eigenvalue weighted by atomic mass is 79.9. The normalized spacial score (nSPS) is 10.1. The molecule has 0 heterocycles. The number of hydrogen-bond acceptors (Lipinski definition) is 3. The highest BCUT2D eigenvalue weighted by Crippen LogP contribution is 2.37. The van der Waals surface area contributed by atoms with Crippen LogP contribution in [0.15, 0.2) is 61.2 Å². The number of hydrogen-bond donors (Lipinski definition) is 0. The molecule has 0 aliphatic heterocycles. The zero-order chi connectivity index (χ0) is 13.0. The van der Waals surface area contributed by atoms with Gasteiger partial charge in [-0.05, 0) is 42.5 Å². The van der Waals surface area contributed by atoms with Crippen LogP contribution in [0.25, 0.3) is 0 Å². The van der Waals surface area contributed by atoms with E-state index >= 15 is 0 Å². The molecule has 92 valence electrons. The van der Waals surface area contributed by atoms with Gasteiger partial charge in [-0.2, -0.15) is 0 Å². The van der Waals surface area contributed by atoms with Crippen molar-refractivity contribution in [3.63, 3.8) is 0 Å². The first-order chi connectivity index (χ1) is 8.69. The van der Waals surface area contributed by atoms with Gasteiger partial charge in [0.15, 0.2) is 0 Å². The second kappa shape index (κ2) is 6.41. The standard InChI is InChI=1S/C13H8Br2O2S/c14-9-1-4-11(5-2-9)18-13-7-10(15)3-6-12(13)17-8-16/h1-8H. The summed E-state index contributed by atoms with van der Waals surface area (Å²) in [5.74, 6) is 0.557. The van der Waals surface area contributed by atoms with Crippen LogP contribution in [0.4, 0.5) is 0 Å². The second-order valence-corrected chi connectivity index (χ2v) is 6.31. The van der Waals surface area contributed by atoms with Gasteiger partial charge in [-0.1, -0.05) is 43.6 Å². The number of carbonyl (C=O) groups is 1. The maximum Gasteiger partial charge on any atom is 0.298 e. The van der Waals surface area contributed by atoms with Crippen molar-refractivity contribution in [1.29, 1.82) is 0 Å². The molecular formula is C13H8Br2O2S. The summed E-state index contributed by atoms with van der Waals surface area (Å²) in [6.07, 6.45) is 0. The van der Waals surface area contributed by atoms with Gasteiger partial charge in [-0.15, -0.1) is 0 Å². The average Bonchev–Trinajstić information content (AvgIpc) is 2.36. The van der Waals surface area contributed by atoms with Crippen LogP contribution in [0.1, 0.15) is 0 Å². The Balaban J connectivity index is 2.29. The van der Waals surface area contributed by atoms with Crippen LogP contribution in [0.3, 0.4) is 0 Å². The van der Waals surface area contributed by atoms with Crippen molar-refractivity contribution in [3.05, 3.63) is 51.4 Å². The summed E-state index contributed by atoms with van der Waals surface area (Å²) < 4.78 is 6.93. The van der Waals surface area contributed by atoms with Crippen molar-refractivity contribution in [2.45, 2.75) is 9.79 Å². The topological polar surface area (TPSA) is 26.3 Å². The minimum Gasteiger partial charge on any atom is -0.428 e. The van der Waals surface area contributed by atoms with Gasteiger partial charge < -0.3 is 4.74 Å². The second-order valence-electron chi connectivity index (χ2n) is 3.36. The Morgan fingerprint density at radius 1 is 1.00 bits per heavy atom. The Hall–Kier alpha value is -0.780. The molecule has 0 unspecified atom stereocenters. The Morgan fingerprint density at radius 2 is 1.67 bits per heavy atom. The zero-order valence-electron chi connectivity index (χ0n) is 9.10. The number of rotatable bonds is 4. The highest BCUT2D eigenvalue weighted by molar-refractivity contribution is 9.10. The third-order valence-electron chi connectivity index (χ3n) is 2.12. The van der Waals surface area contributed by atoms with Crippen LogP contribution in [0.5, 0.6) is 5.75 Å². The molecule has 0 aromatic heterocycles. The highest BCUT2D eigenvalue weighted by Gasteiger charge is 2.06. The third kappa shape index (κ3) is 3.60. The van der Waals surface area contributed by atoms with E-state index in [1.165, 1.54) is 0 Å². The van der Waals surface area contributed by atoms with E-state index in [1.807, 2.05) is 36.4 Å². The van der Waals surface area contributed by atoms with Crippen molar-refractivity contribution >= 4 is 50.1 Å². The Labute approximate surface area is 126 Å². The van der Waals surface area contributed by atoms with Gasteiger partial charge in [-0.25, -0.2) is 0 Å². The van der Waals surface area contributed by atoms with Crippen LogP contribution in [0.2, 0.25) is 0 Å². The van der Waals surface area contributed by atoms with Crippen molar-refractivity contribution < 1.29 is 9.53 Å². The van der Waals surface area contributed by atoms with Gasteiger partial charge in [0, 0.05) is 13.8 Å². The first-order valence-corrected chi connectivity index (χ1v) is 7.42. The lowest BCUT2D eigenvalue weighted by Gasteiger charge is -2.07. The lowest BCUT2D eigenvalue weighted by atomic mass is 10.3. The van der Waals surface area contributed by atoms with Crippen LogP contribution in [0, 0.1) is 0 Å². The van der Waals surface area contributed by atoms with Gasteiger partial charge in [0.1, 0.15) is 5.75 Å². The minimum atomic E-state index is 0.439. The van der Waals surface area contributed by atoms with E-state index in [9.17, 15) is 4.79 Å². The molecule has 2 rings (SSSR count). The molecule has 0 aliphatic carbocycles. The van der Waals surface area contributed by atoms with Gasteiger partial charge in [0.05, 0.1) is 4.90 Å². The molecule has 0 N–H and O–H groups in total. The minimum absolute atomic E-state index is 0.439. The molecule has 0 radical (unpaired) electrons. The molecule has 0 amide bonds. The van der Waals surface area contributed by atoms with E-state index in [4.69, 9.17) is 4.74 Å². The fourth-order valence-corrected chi connectivity index (χ4v) is 3.05. The Bertz CT molecular complexity index is 555. The number of carbonyl (C=O) groups excluding carboxylic acids is 1. The average molecular weight is 388 g/mol. The van der Waals surface area contributed by atoms with Gasteiger partial charge in [0.2, 0.25) is 0 Å². The number of ether oxygens (including phenoxy) is 1. The summed E-state index contributed by atoms with van der Waals surface area (Å²) >= 11 is 8.34. The first kappa shape index (κ1) is 13.6. The van der Waals surface area contributed by atoms with Crippen LogP contribution in [-0.2, 0) is 4.79 Å². The van der Waals surface area contributed by atoms with Crippen molar-refractivity contribution in [1.82, 2.24) is 0 Å². The fourth-order valence-electron chi connectivity index (χ4n) is 1.34. The maximum atomic E-state index is 10.5. The monoisotopic (exact) mass is 386 g/mol. The van der Waals surface area contributed by atoms with E-state index in [0.717, 1.165) is 18.7 Å². The van der Waals surface area contributed by atoms with Crippen molar-refractivity contribution in [2.75, 3.05) is 0 Å². The van der Waals surface area contributed by atoms with E-state index in [-0.39, 0.29) is 0 Å². The van der Waals surface area contributed by atoms with Crippen molar-refractivity contribution in [3.8, 4) is 5.75 Å². The summed E-state index contributed by atoms with van der Waals surface area (Å²) in [6, 6.07) is 13.5. The summed E-state index contributed by atoms with van der Waals surface area (Å²) in [6.45, 7) is 0.439. The molecular weight excluding hydrogens is 380 g/mol. The molecule has 2 aromatic rings. The van der Waals surface area contributed by atoms with E-state index < -0.39 is 0 Å². The van der Waals surface area contributed by atoms with E-state index in [1.54, 1.807) is 17.8 Å². The lowest BCUT2D eigenvalue weighted by Crippen LogP contribution is -1.90. The Kier molecular flexibility index (Phi) is 4.86. The molecule has 0 bridgehead atoms. The molecule has 18 heavy (non-hydrogen) atoms. The fraction of sp³-hybridized carbons (Fsp3) is 0. The summed E-state index contributed by atoms with van der Waals surface area (Å²) in [4.78, 5) is 12.4. The first-order valence-electron chi connectivity index (χ1n) is 5.02. The molecule has 0 saturated carbocycles. The molecule has 0 fully saturated rings. The van der Waals surface area contributed by atoms with Gasteiger partial charge in [0.25, 0.3) is 6.47 Å². The molecule has 2 nitrogen and oxygen atoms in total. The number of benzene rings is 2. The number of halogens is 2. The maximum absolute atomic E-state index is 10.5. The molecule has 0 spiro atoms. The quantitative estimate of drug-likeness (QED) is 0.698. The molecule has 0 atom stereocenters. The summed E-state index contributed by atoms with van der Waals surface area (Å²) in [5.41, 5.74) is 0. The summed E-state index contributed by atoms with van der Waals surface area (Å²) in [5, 5.41) is 0.